The summed E-state index contributed by atoms with van der Waals surface area (Å²) in [6.45, 7) is 5.01. The molecule has 0 spiro atoms. The van der Waals surface area contributed by atoms with E-state index in [1.807, 2.05) is 25.3 Å². The summed E-state index contributed by atoms with van der Waals surface area (Å²) in [5, 5.41) is 3.29. The minimum absolute atomic E-state index is 0.879. The average Bonchev–Trinajstić information content (AvgIpc) is 2.19. The number of rotatable bonds is 4. The molecule has 0 saturated heterocycles. The molecule has 2 heteroatoms. The minimum atomic E-state index is 0.879. The number of anilines is 1. The van der Waals surface area contributed by atoms with Crippen molar-refractivity contribution < 1.29 is 0 Å². The quantitative estimate of drug-likeness (QED) is 0.713. The van der Waals surface area contributed by atoms with Crippen LogP contribution >= 0.6 is 0 Å². The van der Waals surface area contributed by atoms with Crippen LogP contribution in [0.5, 0.6) is 0 Å². The maximum absolute atomic E-state index is 4.23. The minimum Gasteiger partial charge on any atom is -0.381 e. The Labute approximate surface area is 79.7 Å². The third-order valence-corrected chi connectivity index (χ3v) is 1.84. The summed E-state index contributed by atoms with van der Waals surface area (Å²) in [4.78, 5) is 4.23. The highest BCUT2D eigenvalue weighted by atomic mass is 14.9. The van der Waals surface area contributed by atoms with Crippen LogP contribution in [0.3, 0.4) is 0 Å². The summed E-state index contributed by atoms with van der Waals surface area (Å²) < 4.78 is 0. The van der Waals surface area contributed by atoms with E-state index in [0.29, 0.717) is 0 Å². The van der Waals surface area contributed by atoms with Crippen LogP contribution in [0.1, 0.15) is 19.5 Å². The average molecular weight is 176 g/mol. The van der Waals surface area contributed by atoms with Crippen LogP contribution in [0.15, 0.2) is 30.5 Å². The van der Waals surface area contributed by atoms with Gasteiger partial charge in [0, 0.05) is 24.1 Å². The zero-order valence-corrected chi connectivity index (χ0v) is 8.25. The van der Waals surface area contributed by atoms with Crippen molar-refractivity contribution in [3.63, 3.8) is 0 Å². The molecule has 0 aliphatic heterocycles. The lowest BCUT2D eigenvalue weighted by Crippen LogP contribution is -1.99. The van der Waals surface area contributed by atoms with Crippen molar-refractivity contribution in [3.05, 3.63) is 36.2 Å². The van der Waals surface area contributed by atoms with Crippen molar-refractivity contribution in [2.75, 3.05) is 11.9 Å². The van der Waals surface area contributed by atoms with E-state index >= 15 is 0 Å². The summed E-state index contributed by atoms with van der Waals surface area (Å²) in [6, 6.07) is 4.08. The Kier molecular flexibility index (Phi) is 4.03. The molecule has 0 aromatic carbocycles. The van der Waals surface area contributed by atoms with Crippen molar-refractivity contribution in [1.29, 1.82) is 0 Å². The first-order chi connectivity index (χ1) is 6.36. The molecule has 2 nitrogen and oxygen atoms in total. The standard InChI is InChI=1S/C11H16N2/c1-3-5-7-12-11-6-8-13-10(4-2)9-11/h3,5-6,8-9H,4,7H2,1-2H3,(H,12,13)/b5-3+. The number of allylic oxidation sites excluding steroid dienone is 1. The maximum Gasteiger partial charge on any atom is 0.0421 e. The van der Waals surface area contributed by atoms with Crippen molar-refractivity contribution in [3.8, 4) is 0 Å². The Morgan fingerprint density at radius 1 is 1.54 bits per heavy atom. The monoisotopic (exact) mass is 176 g/mol. The number of hydrogen-bond acceptors (Lipinski definition) is 2. The molecule has 0 unspecified atom stereocenters. The highest BCUT2D eigenvalue weighted by molar-refractivity contribution is 5.43. The number of aryl methyl sites for hydroxylation is 1. The van der Waals surface area contributed by atoms with Crippen LogP contribution in [0.4, 0.5) is 5.69 Å². The molecule has 13 heavy (non-hydrogen) atoms. The number of hydrogen-bond donors (Lipinski definition) is 1. The SMILES string of the molecule is C/C=C/CNc1ccnc(CC)c1. The van der Waals surface area contributed by atoms with Crippen molar-refractivity contribution >= 4 is 5.69 Å². The Morgan fingerprint density at radius 2 is 2.38 bits per heavy atom. The fourth-order valence-electron chi connectivity index (χ4n) is 1.08. The molecule has 0 atom stereocenters. The predicted octanol–water partition coefficient (Wildman–Crippen LogP) is 2.63. The molecular weight excluding hydrogens is 160 g/mol. The Bertz CT molecular complexity index is 279. The first-order valence-corrected chi connectivity index (χ1v) is 4.66. The van der Waals surface area contributed by atoms with Gasteiger partial charge in [-0.2, -0.15) is 0 Å². The smallest absolute Gasteiger partial charge is 0.0421 e. The lowest BCUT2D eigenvalue weighted by atomic mass is 10.2. The van der Waals surface area contributed by atoms with Crippen LogP contribution < -0.4 is 5.32 Å². The summed E-state index contributed by atoms with van der Waals surface area (Å²) in [5.74, 6) is 0. The predicted molar refractivity (Wildman–Crippen MR) is 56.9 cm³/mol. The summed E-state index contributed by atoms with van der Waals surface area (Å²) >= 11 is 0. The molecular formula is C11H16N2. The molecule has 0 saturated carbocycles. The second-order valence-electron chi connectivity index (χ2n) is 2.84. The van der Waals surface area contributed by atoms with Gasteiger partial charge in [0.15, 0.2) is 0 Å². The van der Waals surface area contributed by atoms with Crippen LogP contribution in [0.2, 0.25) is 0 Å². The van der Waals surface area contributed by atoms with Gasteiger partial charge in [-0.25, -0.2) is 0 Å². The first kappa shape index (κ1) is 9.78. The second-order valence-corrected chi connectivity index (χ2v) is 2.84. The van der Waals surface area contributed by atoms with E-state index in [9.17, 15) is 0 Å². The lowest BCUT2D eigenvalue weighted by Gasteiger charge is -2.03. The normalized spacial score (nSPS) is 10.6. The fourth-order valence-corrected chi connectivity index (χ4v) is 1.08. The highest BCUT2D eigenvalue weighted by Crippen LogP contribution is 2.07. The molecule has 0 amide bonds. The zero-order chi connectivity index (χ0) is 9.52. The first-order valence-electron chi connectivity index (χ1n) is 4.66. The van der Waals surface area contributed by atoms with Gasteiger partial charge in [0.25, 0.3) is 0 Å². The molecule has 70 valence electrons. The van der Waals surface area contributed by atoms with Gasteiger partial charge in [-0.05, 0) is 25.5 Å². The number of pyridine rings is 1. The van der Waals surface area contributed by atoms with E-state index in [1.165, 1.54) is 0 Å². The summed E-state index contributed by atoms with van der Waals surface area (Å²) in [6.07, 6.45) is 6.96. The summed E-state index contributed by atoms with van der Waals surface area (Å²) in [7, 11) is 0. The molecule has 1 N–H and O–H groups in total. The van der Waals surface area contributed by atoms with E-state index in [4.69, 9.17) is 0 Å². The largest absolute Gasteiger partial charge is 0.381 e. The van der Waals surface area contributed by atoms with Gasteiger partial charge in [0.2, 0.25) is 0 Å². The van der Waals surface area contributed by atoms with E-state index in [-0.39, 0.29) is 0 Å². The molecule has 1 aromatic rings. The Morgan fingerprint density at radius 3 is 3.08 bits per heavy atom. The molecule has 0 aliphatic carbocycles. The molecule has 0 bridgehead atoms. The van der Waals surface area contributed by atoms with Crippen LogP contribution in [0, 0.1) is 0 Å². The molecule has 0 fully saturated rings. The third kappa shape index (κ3) is 3.28. The highest BCUT2D eigenvalue weighted by Gasteiger charge is 1.92. The van der Waals surface area contributed by atoms with E-state index < -0.39 is 0 Å². The van der Waals surface area contributed by atoms with Gasteiger partial charge in [0.1, 0.15) is 0 Å². The molecule has 0 radical (unpaired) electrons. The fraction of sp³-hybridized carbons (Fsp3) is 0.364. The summed E-state index contributed by atoms with van der Waals surface area (Å²) in [5.41, 5.74) is 2.27. The molecule has 0 aliphatic rings. The van der Waals surface area contributed by atoms with Crippen molar-refractivity contribution in [1.82, 2.24) is 4.98 Å². The Balaban J connectivity index is 2.56. The Hall–Kier alpha value is -1.31. The van der Waals surface area contributed by atoms with Gasteiger partial charge in [-0.15, -0.1) is 0 Å². The van der Waals surface area contributed by atoms with E-state index in [2.05, 4.69) is 29.4 Å². The number of aromatic nitrogens is 1. The van der Waals surface area contributed by atoms with E-state index in [1.54, 1.807) is 0 Å². The molecule has 1 heterocycles. The third-order valence-electron chi connectivity index (χ3n) is 1.84. The van der Waals surface area contributed by atoms with Gasteiger partial charge in [-0.3, -0.25) is 4.98 Å². The van der Waals surface area contributed by atoms with Gasteiger partial charge >= 0.3 is 0 Å². The van der Waals surface area contributed by atoms with Gasteiger partial charge < -0.3 is 5.32 Å². The van der Waals surface area contributed by atoms with Crippen LogP contribution in [-0.2, 0) is 6.42 Å². The van der Waals surface area contributed by atoms with Crippen LogP contribution in [-0.4, -0.2) is 11.5 Å². The van der Waals surface area contributed by atoms with Crippen molar-refractivity contribution in [2.45, 2.75) is 20.3 Å². The number of nitrogens with one attached hydrogen (secondary N) is 1. The number of nitrogens with zero attached hydrogens (tertiary/aromatic N) is 1. The van der Waals surface area contributed by atoms with Gasteiger partial charge in [0.05, 0.1) is 0 Å². The zero-order valence-electron chi connectivity index (χ0n) is 8.25. The topological polar surface area (TPSA) is 24.9 Å². The van der Waals surface area contributed by atoms with Crippen molar-refractivity contribution in [2.24, 2.45) is 0 Å². The second kappa shape index (κ2) is 5.36. The lowest BCUT2D eigenvalue weighted by molar-refractivity contribution is 1.03. The molecule has 1 aromatic heterocycles. The maximum atomic E-state index is 4.23. The van der Waals surface area contributed by atoms with Gasteiger partial charge in [-0.1, -0.05) is 19.1 Å². The van der Waals surface area contributed by atoms with E-state index in [0.717, 1.165) is 24.3 Å². The van der Waals surface area contributed by atoms with Crippen LogP contribution in [0.25, 0.3) is 0 Å². The molecule has 1 rings (SSSR count).